The number of alkyl halides is 3. The third-order valence-electron chi connectivity index (χ3n) is 11.1. The number of rotatable bonds is 5. The number of benzene rings is 1. The summed E-state index contributed by atoms with van der Waals surface area (Å²) >= 11 is 17.8. The summed E-state index contributed by atoms with van der Waals surface area (Å²) in [5.74, 6) is -6.63. The smallest absolute Gasteiger partial charge is 0.458 e. The Morgan fingerprint density at radius 2 is 1.61 bits per heavy atom. The Morgan fingerprint density at radius 3 is 2.16 bits per heavy atom. The number of aliphatic hydroxyl groups is 1. The first kappa shape index (κ1) is 37.3. The molecule has 51 heavy (non-hydrogen) atoms. The molecule has 0 unspecified atom stereocenters. The van der Waals surface area contributed by atoms with Crippen molar-refractivity contribution in [2.75, 3.05) is 6.61 Å². The van der Waals surface area contributed by atoms with Gasteiger partial charge in [0.05, 0.1) is 23.5 Å². The molecule has 1 spiro atoms. The first-order valence-electron chi connectivity index (χ1n) is 16.0. The molecular weight excluding hydrogens is 739 g/mol. The van der Waals surface area contributed by atoms with Crippen LogP contribution in [0.25, 0.3) is 0 Å². The summed E-state index contributed by atoms with van der Waals surface area (Å²) in [5.41, 5.74) is -7.76. The zero-order valence-electron chi connectivity index (χ0n) is 28.2. The Bertz CT molecular complexity index is 1740. The maximum atomic E-state index is 15.5. The van der Waals surface area contributed by atoms with Crippen LogP contribution < -0.4 is 0 Å². The molecule has 0 aromatic heterocycles. The lowest BCUT2D eigenvalue weighted by atomic mass is 9.44. The van der Waals surface area contributed by atoms with E-state index in [1.54, 1.807) is 32.0 Å². The van der Waals surface area contributed by atoms with Crippen LogP contribution in [-0.4, -0.2) is 99.1 Å². The molecule has 4 fully saturated rings. The SMILES string of the molecule is CC(=O)O[C@H]1C(=O)[C@]2(C)[C@@H](OC(=O)C(Cl)(Cl)Cl)C[C@H]3OC[C@@]3(OC(C)=O)[C@H]2[C@H](OC(=O)c2ccccc2)[C@]23OC(=O)O[C@H]2[C@H](O)C(C)=C1C3(C)C. The second-order valence-corrected chi connectivity index (χ2v) is 16.4. The van der Waals surface area contributed by atoms with Crippen LogP contribution in [0.4, 0.5) is 4.79 Å². The molecule has 2 aliphatic heterocycles. The topological polar surface area (TPSA) is 187 Å². The first-order valence-corrected chi connectivity index (χ1v) is 17.1. The van der Waals surface area contributed by atoms with Crippen molar-refractivity contribution in [3.63, 3.8) is 0 Å². The number of aliphatic hydroxyl groups excluding tert-OH is 1. The highest BCUT2D eigenvalue weighted by Crippen LogP contribution is 2.67. The van der Waals surface area contributed by atoms with Crippen LogP contribution in [0, 0.1) is 16.7 Å². The van der Waals surface area contributed by atoms with Gasteiger partial charge in [0.2, 0.25) is 5.60 Å². The van der Waals surface area contributed by atoms with Crippen LogP contribution in [0.1, 0.15) is 58.3 Å². The summed E-state index contributed by atoms with van der Waals surface area (Å²) in [7, 11) is 0. The molecule has 0 amide bonds. The van der Waals surface area contributed by atoms with Crippen molar-refractivity contribution in [3.8, 4) is 0 Å². The lowest BCUT2D eigenvalue weighted by Crippen LogP contribution is -2.83. The average Bonchev–Trinajstić information content (AvgIpc) is 3.40. The molecule has 6 rings (SSSR count). The largest absolute Gasteiger partial charge is 0.509 e. The summed E-state index contributed by atoms with van der Waals surface area (Å²) in [5, 5.41) is 11.9. The quantitative estimate of drug-likeness (QED) is 0.197. The zero-order chi connectivity index (χ0) is 37.6. The fourth-order valence-corrected chi connectivity index (χ4v) is 9.13. The van der Waals surface area contributed by atoms with Crippen LogP contribution in [-0.2, 0) is 52.3 Å². The number of fused-ring (bicyclic) bond motifs is 4. The second-order valence-electron chi connectivity index (χ2n) is 14.1. The van der Waals surface area contributed by atoms with Crippen molar-refractivity contribution in [2.45, 2.75) is 99.6 Å². The lowest BCUT2D eigenvalue weighted by molar-refractivity contribution is -0.346. The number of halogens is 3. The number of hydrogen-bond acceptors (Lipinski definition) is 14. The van der Waals surface area contributed by atoms with Gasteiger partial charge in [-0.15, -0.1) is 0 Å². The fourth-order valence-electron chi connectivity index (χ4n) is 8.99. The minimum atomic E-state index is -2.63. The van der Waals surface area contributed by atoms with Crippen LogP contribution in [0.3, 0.4) is 0 Å². The van der Waals surface area contributed by atoms with E-state index >= 15 is 4.79 Å². The van der Waals surface area contributed by atoms with Crippen LogP contribution in [0.2, 0.25) is 0 Å². The number of Topliss-reactive ketones (excluding diaryl/α,β-unsaturated/α-hetero) is 1. The van der Waals surface area contributed by atoms with Crippen molar-refractivity contribution in [1.29, 1.82) is 0 Å². The van der Waals surface area contributed by atoms with E-state index in [1.165, 1.54) is 26.0 Å². The van der Waals surface area contributed by atoms with E-state index in [9.17, 15) is 29.1 Å². The third kappa shape index (κ3) is 5.34. The molecule has 3 aliphatic carbocycles. The number of hydrogen-bond donors (Lipinski definition) is 1. The summed E-state index contributed by atoms with van der Waals surface area (Å²) < 4.78 is 39.0. The molecule has 2 saturated heterocycles. The number of carbonyl (C=O) groups is 6. The van der Waals surface area contributed by atoms with Gasteiger partial charge in [-0.25, -0.2) is 14.4 Å². The van der Waals surface area contributed by atoms with Crippen LogP contribution >= 0.6 is 34.8 Å². The van der Waals surface area contributed by atoms with Crippen molar-refractivity contribution in [2.24, 2.45) is 16.7 Å². The molecule has 276 valence electrons. The Morgan fingerprint density at radius 1 is 0.961 bits per heavy atom. The molecule has 10 atom stereocenters. The molecule has 0 radical (unpaired) electrons. The zero-order valence-corrected chi connectivity index (χ0v) is 30.5. The molecule has 2 bridgehead atoms. The van der Waals surface area contributed by atoms with Gasteiger partial charge in [0.1, 0.15) is 18.3 Å². The molecule has 14 nitrogen and oxygen atoms in total. The summed E-state index contributed by atoms with van der Waals surface area (Å²) in [6.45, 7) is 7.73. The van der Waals surface area contributed by atoms with Crippen molar-refractivity contribution in [3.05, 3.63) is 47.0 Å². The monoisotopic (exact) mass is 772 g/mol. The van der Waals surface area contributed by atoms with E-state index in [0.717, 1.165) is 13.8 Å². The van der Waals surface area contributed by atoms with Gasteiger partial charge in [-0.1, -0.05) is 66.8 Å². The predicted octanol–water partition coefficient (Wildman–Crippen LogP) is 3.73. The highest BCUT2D eigenvalue weighted by molar-refractivity contribution is 6.75. The summed E-state index contributed by atoms with van der Waals surface area (Å²) in [6, 6.07) is 7.73. The second kappa shape index (κ2) is 12.3. The Labute approximate surface area is 306 Å². The maximum Gasteiger partial charge on any atom is 0.509 e. The highest BCUT2D eigenvalue weighted by atomic mass is 35.6. The lowest BCUT2D eigenvalue weighted by Gasteiger charge is -2.67. The van der Waals surface area contributed by atoms with Gasteiger partial charge in [-0.2, -0.15) is 0 Å². The van der Waals surface area contributed by atoms with E-state index in [-0.39, 0.29) is 29.7 Å². The van der Waals surface area contributed by atoms with E-state index in [1.807, 2.05) is 0 Å². The van der Waals surface area contributed by atoms with Gasteiger partial charge < -0.3 is 38.3 Å². The standard InChI is InChI=1S/C34H35Cl3O14/c1-14-20-22(46-15(2)38)24(41)31(6)18(47-28(43)34(35,36)37)12-19-32(13-45-19,50-16(3)39)23(31)26(48-27(42)17-10-8-7-9-11-17)33(30(20,4)5)25(21(14)40)49-29(44)51-33/h7-11,18-19,21-23,25-26,40H,12-13H2,1-6H3/t18-,19+,21+,22+,23-,25-,26-,31+,32-,33+/m0/s1. The Kier molecular flexibility index (Phi) is 9.02. The predicted molar refractivity (Wildman–Crippen MR) is 173 cm³/mol. The Hall–Kier alpha value is -3.43. The first-order chi connectivity index (χ1) is 23.6. The normalized spacial score (nSPS) is 37.8. The number of esters is 4. The van der Waals surface area contributed by atoms with E-state index < -0.39 is 104 Å². The van der Waals surface area contributed by atoms with Gasteiger partial charge in [0.25, 0.3) is 3.79 Å². The van der Waals surface area contributed by atoms with Crippen LogP contribution in [0.5, 0.6) is 0 Å². The highest BCUT2D eigenvalue weighted by Gasteiger charge is 2.83. The van der Waals surface area contributed by atoms with Gasteiger partial charge in [-0.05, 0) is 37.1 Å². The molecule has 1 N–H and O–H groups in total. The number of carbonyl (C=O) groups excluding carboxylic acids is 6. The fraction of sp³-hybridized carbons (Fsp3) is 0.588. The van der Waals surface area contributed by atoms with Gasteiger partial charge in [-0.3, -0.25) is 14.4 Å². The van der Waals surface area contributed by atoms with Crippen molar-refractivity contribution >= 4 is 70.6 Å². The average molecular weight is 774 g/mol. The number of ether oxygens (including phenoxy) is 7. The van der Waals surface area contributed by atoms with Crippen LogP contribution in [0.15, 0.2) is 41.5 Å². The maximum absolute atomic E-state index is 15.5. The van der Waals surface area contributed by atoms with E-state index in [0.29, 0.717) is 0 Å². The molecular formula is C34H35Cl3O14. The molecule has 5 aliphatic rings. The minimum absolute atomic E-state index is 0.00478. The van der Waals surface area contributed by atoms with Gasteiger partial charge in [0.15, 0.2) is 29.7 Å². The van der Waals surface area contributed by atoms with Gasteiger partial charge >= 0.3 is 30.0 Å². The van der Waals surface area contributed by atoms with Crippen molar-refractivity contribution < 1.29 is 67.0 Å². The minimum Gasteiger partial charge on any atom is -0.458 e. The molecule has 17 heteroatoms. The molecule has 1 aromatic rings. The molecule has 2 heterocycles. The van der Waals surface area contributed by atoms with E-state index in [2.05, 4.69) is 0 Å². The van der Waals surface area contributed by atoms with Gasteiger partial charge in [0, 0.05) is 25.7 Å². The third-order valence-corrected chi connectivity index (χ3v) is 11.6. The number of ketones is 1. The summed E-state index contributed by atoms with van der Waals surface area (Å²) in [4.78, 5) is 82.0. The molecule has 2 saturated carbocycles. The van der Waals surface area contributed by atoms with Crippen molar-refractivity contribution in [1.82, 2.24) is 0 Å². The van der Waals surface area contributed by atoms with E-state index in [4.69, 9.17) is 68.0 Å². The summed E-state index contributed by atoms with van der Waals surface area (Å²) in [6.07, 6.45) is -11.3. The molecule has 1 aromatic carbocycles. The Balaban J connectivity index is 1.74.